The molecule has 3 aromatic carbocycles. The second-order valence-corrected chi connectivity index (χ2v) is 7.57. The van der Waals surface area contributed by atoms with E-state index in [4.69, 9.17) is 4.74 Å². The van der Waals surface area contributed by atoms with Gasteiger partial charge < -0.3 is 15.4 Å². The Balaban J connectivity index is 1.37. The lowest BCUT2D eigenvalue weighted by atomic mass is 10.1. The Labute approximate surface area is 195 Å². The minimum Gasteiger partial charge on any atom is -0.462 e. The molecule has 0 aliphatic rings. The summed E-state index contributed by atoms with van der Waals surface area (Å²) in [6.07, 6.45) is 3.06. The maximum Gasteiger partial charge on any atom is 0.343 e. The molecule has 0 saturated carbocycles. The van der Waals surface area contributed by atoms with Gasteiger partial charge in [0.2, 0.25) is 0 Å². The monoisotopic (exact) mass is 451 g/mol. The lowest BCUT2D eigenvalue weighted by Gasteiger charge is -2.10. The first-order valence-corrected chi connectivity index (χ1v) is 10.8. The van der Waals surface area contributed by atoms with Crippen LogP contribution in [0.3, 0.4) is 0 Å². The van der Waals surface area contributed by atoms with Crippen LogP contribution in [0.25, 0.3) is 27.7 Å². The Morgan fingerprint density at radius 2 is 1.71 bits per heavy atom. The highest BCUT2D eigenvalue weighted by Crippen LogP contribution is 2.25. The summed E-state index contributed by atoms with van der Waals surface area (Å²) in [6, 6.07) is 22.5. The van der Waals surface area contributed by atoms with E-state index < -0.39 is 5.97 Å². The summed E-state index contributed by atoms with van der Waals surface area (Å²) < 4.78 is 6.67. The second-order valence-electron chi connectivity index (χ2n) is 7.57. The summed E-state index contributed by atoms with van der Waals surface area (Å²) >= 11 is 0. The zero-order valence-corrected chi connectivity index (χ0v) is 18.4. The van der Waals surface area contributed by atoms with Crippen LogP contribution in [-0.2, 0) is 4.74 Å². The zero-order valence-electron chi connectivity index (χ0n) is 18.4. The number of hydrogen-bond acceptors (Lipinski definition) is 5. The average molecular weight is 451 g/mol. The predicted molar refractivity (Wildman–Crippen MR) is 131 cm³/mol. The lowest BCUT2D eigenvalue weighted by Crippen LogP contribution is -2.19. The van der Waals surface area contributed by atoms with E-state index in [-0.39, 0.29) is 12.6 Å². The molecule has 0 saturated heterocycles. The van der Waals surface area contributed by atoms with Crippen molar-refractivity contribution in [3.63, 3.8) is 0 Å². The van der Waals surface area contributed by atoms with Gasteiger partial charge in [-0.3, -0.25) is 0 Å². The highest BCUT2D eigenvalue weighted by atomic mass is 16.5. The van der Waals surface area contributed by atoms with Gasteiger partial charge in [0, 0.05) is 23.1 Å². The Morgan fingerprint density at radius 1 is 0.912 bits per heavy atom. The highest BCUT2D eigenvalue weighted by Gasteiger charge is 2.17. The second kappa shape index (κ2) is 9.03. The first-order chi connectivity index (χ1) is 16.6. The van der Waals surface area contributed by atoms with Crippen molar-refractivity contribution < 1.29 is 14.3 Å². The first kappa shape index (κ1) is 21.1. The van der Waals surface area contributed by atoms with Crippen molar-refractivity contribution in [3.05, 3.63) is 90.8 Å². The molecule has 0 fully saturated rings. The van der Waals surface area contributed by atoms with Gasteiger partial charge in [-0.05, 0) is 48.0 Å². The molecule has 2 N–H and O–H groups in total. The van der Waals surface area contributed by atoms with E-state index in [2.05, 4.69) is 20.7 Å². The summed E-state index contributed by atoms with van der Waals surface area (Å²) in [5, 5.41) is 12.2. The van der Waals surface area contributed by atoms with Crippen molar-refractivity contribution >= 4 is 39.8 Å². The van der Waals surface area contributed by atoms with Crippen molar-refractivity contribution in [1.29, 1.82) is 0 Å². The number of benzene rings is 3. The van der Waals surface area contributed by atoms with E-state index in [9.17, 15) is 9.59 Å². The van der Waals surface area contributed by atoms with Gasteiger partial charge in [-0.25, -0.2) is 19.1 Å². The Bertz CT molecular complexity index is 1530. The number of rotatable bonds is 5. The molecule has 34 heavy (non-hydrogen) atoms. The molecule has 5 rings (SSSR count). The molecule has 0 aliphatic carbocycles. The quantitative estimate of drug-likeness (QED) is 0.350. The fraction of sp³-hybridized carbons (Fsp3) is 0.0769. The molecule has 0 bridgehead atoms. The number of carbonyl (C=O) groups is 2. The number of ether oxygens (including phenoxy) is 1. The van der Waals surface area contributed by atoms with Gasteiger partial charge in [0.25, 0.3) is 0 Å². The van der Waals surface area contributed by atoms with Gasteiger partial charge in [0.1, 0.15) is 5.56 Å². The topological polar surface area (TPSA) is 97.6 Å². The van der Waals surface area contributed by atoms with E-state index in [1.807, 2.05) is 60.7 Å². The maximum absolute atomic E-state index is 12.6. The number of anilines is 2. The van der Waals surface area contributed by atoms with Gasteiger partial charge in [-0.15, -0.1) is 0 Å². The lowest BCUT2D eigenvalue weighted by molar-refractivity contribution is 0.0528. The van der Waals surface area contributed by atoms with Crippen LogP contribution in [0.15, 0.2) is 85.2 Å². The van der Waals surface area contributed by atoms with E-state index in [1.165, 1.54) is 6.20 Å². The Hall–Kier alpha value is -4.72. The van der Waals surface area contributed by atoms with Crippen LogP contribution in [0, 0.1) is 0 Å². The molecule has 0 aliphatic heterocycles. The number of carbonyl (C=O) groups excluding carboxylic acids is 2. The average Bonchev–Trinajstić information content (AvgIpc) is 3.29. The highest BCUT2D eigenvalue weighted by molar-refractivity contribution is 6.01. The van der Waals surface area contributed by atoms with Gasteiger partial charge in [-0.1, -0.05) is 42.5 Å². The number of nitrogens with one attached hydrogen (secondary N) is 2. The number of hydrogen-bond donors (Lipinski definition) is 2. The van der Waals surface area contributed by atoms with E-state index in [0.717, 1.165) is 22.0 Å². The van der Waals surface area contributed by atoms with Gasteiger partial charge in [0.15, 0.2) is 5.65 Å². The number of esters is 1. The number of nitrogens with zero attached hydrogens (tertiary/aromatic N) is 3. The number of aromatic nitrogens is 3. The molecule has 8 heteroatoms. The van der Waals surface area contributed by atoms with Crippen molar-refractivity contribution in [2.45, 2.75) is 6.92 Å². The molecular formula is C26H21N5O3. The molecule has 0 atom stereocenters. The third-order valence-electron chi connectivity index (χ3n) is 5.32. The fourth-order valence-electron chi connectivity index (χ4n) is 3.78. The molecule has 168 valence electrons. The van der Waals surface area contributed by atoms with Crippen molar-refractivity contribution in [1.82, 2.24) is 14.6 Å². The minimum atomic E-state index is -0.470. The molecule has 5 aromatic rings. The van der Waals surface area contributed by atoms with E-state index >= 15 is 0 Å². The Kier molecular flexibility index (Phi) is 5.61. The molecular weight excluding hydrogens is 430 g/mol. The van der Waals surface area contributed by atoms with E-state index in [1.54, 1.807) is 29.8 Å². The van der Waals surface area contributed by atoms with Crippen LogP contribution >= 0.6 is 0 Å². The minimum absolute atomic E-state index is 0.269. The van der Waals surface area contributed by atoms with Crippen LogP contribution in [0.5, 0.6) is 0 Å². The molecule has 0 spiro atoms. The molecule has 2 amide bonds. The zero-order chi connectivity index (χ0) is 23.5. The SMILES string of the molecule is CCOC(=O)c1cnn2c(-c3cccc(NC(=O)Nc4ccc5ccccc5c4)c3)ccnc12. The number of amides is 2. The van der Waals surface area contributed by atoms with Crippen LogP contribution < -0.4 is 10.6 Å². The summed E-state index contributed by atoms with van der Waals surface area (Å²) in [5.41, 5.74) is 3.54. The largest absolute Gasteiger partial charge is 0.462 e. The molecule has 8 nitrogen and oxygen atoms in total. The molecule has 2 heterocycles. The van der Waals surface area contributed by atoms with E-state index in [0.29, 0.717) is 22.6 Å². The summed E-state index contributed by atoms with van der Waals surface area (Å²) in [6.45, 7) is 2.02. The van der Waals surface area contributed by atoms with Gasteiger partial charge in [-0.2, -0.15) is 5.10 Å². The summed E-state index contributed by atoms with van der Waals surface area (Å²) in [5.74, 6) is -0.470. The maximum atomic E-state index is 12.6. The van der Waals surface area contributed by atoms with Crippen LogP contribution in [0.1, 0.15) is 17.3 Å². The molecule has 0 unspecified atom stereocenters. The normalized spacial score (nSPS) is 10.9. The number of urea groups is 1. The third kappa shape index (κ3) is 4.16. The van der Waals surface area contributed by atoms with Crippen molar-refractivity contribution in [2.75, 3.05) is 17.2 Å². The predicted octanol–water partition coefficient (Wildman–Crippen LogP) is 5.37. The molecule has 2 aromatic heterocycles. The summed E-state index contributed by atoms with van der Waals surface area (Å²) in [4.78, 5) is 29.1. The van der Waals surface area contributed by atoms with Crippen LogP contribution in [0.2, 0.25) is 0 Å². The van der Waals surface area contributed by atoms with Gasteiger partial charge in [0.05, 0.1) is 18.5 Å². The Morgan fingerprint density at radius 3 is 2.53 bits per heavy atom. The van der Waals surface area contributed by atoms with Crippen LogP contribution in [0.4, 0.5) is 16.2 Å². The third-order valence-corrected chi connectivity index (χ3v) is 5.32. The van der Waals surface area contributed by atoms with Crippen molar-refractivity contribution in [2.24, 2.45) is 0 Å². The smallest absolute Gasteiger partial charge is 0.343 e. The number of fused-ring (bicyclic) bond motifs is 2. The standard InChI is InChI=1S/C26H21N5O3/c1-2-34-25(32)22-16-28-31-23(12-13-27-24(22)31)19-8-5-9-20(15-19)29-26(33)30-21-11-10-17-6-3-4-7-18(17)14-21/h3-16H,2H2,1H3,(H2,29,30,33). The summed E-state index contributed by atoms with van der Waals surface area (Å²) in [7, 11) is 0. The van der Waals surface area contributed by atoms with Crippen LogP contribution in [-0.4, -0.2) is 33.2 Å². The molecule has 0 radical (unpaired) electrons. The van der Waals surface area contributed by atoms with Crippen molar-refractivity contribution in [3.8, 4) is 11.3 Å². The fourth-order valence-corrected chi connectivity index (χ4v) is 3.78. The first-order valence-electron chi connectivity index (χ1n) is 10.8. The van der Waals surface area contributed by atoms with Gasteiger partial charge >= 0.3 is 12.0 Å².